The highest BCUT2D eigenvalue weighted by molar-refractivity contribution is 5.95. The maximum absolute atomic E-state index is 12.2. The Balaban J connectivity index is 2.77. The molecule has 104 valence electrons. The van der Waals surface area contributed by atoms with Crippen LogP contribution in [0, 0.1) is 0 Å². The highest BCUT2D eigenvalue weighted by atomic mass is 16.5. The Morgan fingerprint density at radius 2 is 2.21 bits per heavy atom. The largest absolute Gasteiger partial charge is 0.494 e. The van der Waals surface area contributed by atoms with Crippen molar-refractivity contribution in [3.8, 4) is 5.75 Å². The number of unbranched alkanes of at least 4 members (excludes halogenated alkanes) is 1. The molecule has 0 atom stereocenters. The molecule has 0 fully saturated rings. The molecule has 1 rings (SSSR count). The summed E-state index contributed by atoms with van der Waals surface area (Å²) < 4.78 is 5.39. The van der Waals surface area contributed by atoms with Crippen LogP contribution in [0.4, 0.5) is 5.69 Å². The minimum atomic E-state index is -0.0442. The van der Waals surface area contributed by atoms with Gasteiger partial charge in [0.25, 0.3) is 5.91 Å². The zero-order chi connectivity index (χ0) is 14.3. The number of nitrogens with two attached hydrogens (primary N) is 1. The van der Waals surface area contributed by atoms with E-state index < -0.39 is 0 Å². The van der Waals surface area contributed by atoms with Crippen molar-refractivity contribution in [1.82, 2.24) is 4.90 Å². The molecule has 0 bridgehead atoms. The first-order valence-corrected chi connectivity index (χ1v) is 6.48. The van der Waals surface area contributed by atoms with Gasteiger partial charge in [0.1, 0.15) is 5.75 Å². The van der Waals surface area contributed by atoms with E-state index in [1.165, 1.54) is 0 Å². The van der Waals surface area contributed by atoms with E-state index in [1.54, 1.807) is 30.1 Å². The van der Waals surface area contributed by atoms with Gasteiger partial charge < -0.3 is 15.4 Å². The lowest BCUT2D eigenvalue weighted by molar-refractivity contribution is 0.0793. The summed E-state index contributed by atoms with van der Waals surface area (Å²) >= 11 is 0. The number of benzene rings is 1. The zero-order valence-corrected chi connectivity index (χ0v) is 11.7. The maximum Gasteiger partial charge on any atom is 0.253 e. The van der Waals surface area contributed by atoms with Gasteiger partial charge >= 0.3 is 0 Å². The zero-order valence-electron chi connectivity index (χ0n) is 11.7. The SMILES string of the molecule is C=CCCCN(C)C(=O)c1cc(N)cc(OCC)c1. The second kappa shape index (κ2) is 7.46. The molecule has 1 amide bonds. The number of nitrogen functional groups attached to an aromatic ring is 1. The van der Waals surface area contributed by atoms with Crippen LogP contribution in [-0.4, -0.2) is 31.0 Å². The summed E-state index contributed by atoms with van der Waals surface area (Å²) in [5.74, 6) is 0.586. The fourth-order valence-electron chi connectivity index (χ4n) is 1.79. The van der Waals surface area contributed by atoms with Crippen molar-refractivity contribution < 1.29 is 9.53 Å². The van der Waals surface area contributed by atoms with E-state index in [-0.39, 0.29) is 5.91 Å². The second-order valence-corrected chi connectivity index (χ2v) is 4.38. The minimum absolute atomic E-state index is 0.0442. The van der Waals surface area contributed by atoms with Crippen molar-refractivity contribution in [1.29, 1.82) is 0 Å². The lowest BCUT2D eigenvalue weighted by Gasteiger charge is -2.17. The number of hydrogen-bond acceptors (Lipinski definition) is 3. The molecule has 0 spiro atoms. The molecule has 1 aromatic carbocycles. The molecule has 0 saturated carbocycles. The van der Waals surface area contributed by atoms with Crippen LogP contribution in [0.2, 0.25) is 0 Å². The van der Waals surface area contributed by atoms with E-state index in [2.05, 4.69) is 6.58 Å². The van der Waals surface area contributed by atoms with Gasteiger partial charge in [0.2, 0.25) is 0 Å². The average Bonchev–Trinajstić information content (AvgIpc) is 2.37. The number of ether oxygens (including phenoxy) is 1. The van der Waals surface area contributed by atoms with Crippen LogP contribution in [0.1, 0.15) is 30.1 Å². The molecule has 0 aliphatic carbocycles. The molecule has 0 aliphatic heterocycles. The topological polar surface area (TPSA) is 55.6 Å². The van der Waals surface area contributed by atoms with Crippen molar-refractivity contribution in [3.63, 3.8) is 0 Å². The Kier molecular flexibility index (Phi) is 5.93. The van der Waals surface area contributed by atoms with Crippen LogP contribution in [0.5, 0.6) is 5.75 Å². The van der Waals surface area contributed by atoms with E-state index in [4.69, 9.17) is 10.5 Å². The van der Waals surface area contributed by atoms with E-state index in [1.807, 2.05) is 13.0 Å². The molecule has 0 radical (unpaired) electrons. The molecule has 0 saturated heterocycles. The lowest BCUT2D eigenvalue weighted by atomic mass is 10.1. The van der Waals surface area contributed by atoms with Crippen molar-refractivity contribution in [2.24, 2.45) is 0 Å². The number of allylic oxidation sites excluding steroid dienone is 1. The van der Waals surface area contributed by atoms with E-state index in [0.29, 0.717) is 30.2 Å². The van der Waals surface area contributed by atoms with Crippen LogP contribution in [0.25, 0.3) is 0 Å². The van der Waals surface area contributed by atoms with Crippen molar-refractivity contribution in [2.75, 3.05) is 25.9 Å². The summed E-state index contributed by atoms with van der Waals surface area (Å²) in [5.41, 5.74) is 6.88. The Bertz CT molecular complexity index is 444. The standard InChI is InChI=1S/C15H22N2O2/c1-4-6-7-8-17(3)15(18)12-9-13(16)11-14(10-12)19-5-2/h4,9-11H,1,5-8,16H2,2-3H3. The summed E-state index contributed by atoms with van der Waals surface area (Å²) in [6.45, 7) is 6.81. The summed E-state index contributed by atoms with van der Waals surface area (Å²) in [4.78, 5) is 13.9. The highest BCUT2D eigenvalue weighted by Gasteiger charge is 2.13. The first-order chi connectivity index (χ1) is 9.08. The third-order valence-corrected chi connectivity index (χ3v) is 2.74. The van der Waals surface area contributed by atoms with Gasteiger partial charge in [-0.1, -0.05) is 6.08 Å². The van der Waals surface area contributed by atoms with E-state index >= 15 is 0 Å². The van der Waals surface area contributed by atoms with Gasteiger partial charge in [0, 0.05) is 30.9 Å². The van der Waals surface area contributed by atoms with Gasteiger partial charge in [-0.3, -0.25) is 4.79 Å². The Labute approximate surface area is 114 Å². The summed E-state index contributed by atoms with van der Waals surface area (Å²) in [6.07, 6.45) is 3.66. The molecule has 2 N–H and O–H groups in total. The van der Waals surface area contributed by atoms with Gasteiger partial charge in [-0.05, 0) is 31.9 Å². The average molecular weight is 262 g/mol. The van der Waals surface area contributed by atoms with Crippen LogP contribution in [0.15, 0.2) is 30.9 Å². The number of rotatable bonds is 7. The lowest BCUT2D eigenvalue weighted by Crippen LogP contribution is -2.27. The van der Waals surface area contributed by atoms with Crippen molar-refractivity contribution in [3.05, 3.63) is 36.4 Å². The minimum Gasteiger partial charge on any atom is -0.494 e. The van der Waals surface area contributed by atoms with E-state index in [0.717, 1.165) is 12.8 Å². The molecular weight excluding hydrogens is 240 g/mol. The molecule has 4 heteroatoms. The molecular formula is C15H22N2O2. The first-order valence-electron chi connectivity index (χ1n) is 6.48. The van der Waals surface area contributed by atoms with Gasteiger partial charge in [-0.25, -0.2) is 0 Å². The van der Waals surface area contributed by atoms with Gasteiger partial charge in [0.15, 0.2) is 0 Å². The summed E-state index contributed by atoms with van der Waals surface area (Å²) in [5, 5.41) is 0. The Morgan fingerprint density at radius 1 is 1.47 bits per heavy atom. The Hall–Kier alpha value is -1.97. The summed E-state index contributed by atoms with van der Waals surface area (Å²) in [7, 11) is 1.79. The molecule has 19 heavy (non-hydrogen) atoms. The fourth-order valence-corrected chi connectivity index (χ4v) is 1.79. The number of carbonyl (C=O) groups is 1. The van der Waals surface area contributed by atoms with Crippen LogP contribution >= 0.6 is 0 Å². The molecule has 1 aromatic rings. The molecule has 0 aromatic heterocycles. The number of hydrogen-bond donors (Lipinski definition) is 1. The monoisotopic (exact) mass is 262 g/mol. The van der Waals surface area contributed by atoms with Gasteiger partial charge in [-0.15, -0.1) is 6.58 Å². The first kappa shape index (κ1) is 15.1. The number of anilines is 1. The Morgan fingerprint density at radius 3 is 2.84 bits per heavy atom. The third kappa shape index (κ3) is 4.66. The van der Waals surface area contributed by atoms with Crippen molar-refractivity contribution >= 4 is 11.6 Å². The number of amides is 1. The molecule has 0 heterocycles. The number of nitrogens with zero attached hydrogens (tertiary/aromatic N) is 1. The van der Waals surface area contributed by atoms with Crippen LogP contribution in [0.3, 0.4) is 0 Å². The quantitative estimate of drug-likeness (QED) is 0.467. The summed E-state index contributed by atoms with van der Waals surface area (Å²) in [6, 6.07) is 5.12. The van der Waals surface area contributed by atoms with E-state index in [9.17, 15) is 4.79 Å². The second-order valence-electron chi connectivity index (χ2n) is 4.38. The van der Waals surface area contributed by atoms with Crippen LogP contribution < -0.4 is 10.5 Å². The predicted octanol–water partition coefficient (Wildman–Crippen LogP) is 2.71. The molecule has 0 aliphatic rings. The molecule has 4 nitrogen and oxygen atoms in total. The van der Waals surface area contributed by atoms with Crippen LogP contribution in [-0.2, 0) is 0 Å². The van der Waals surface area contributed by atoms with Crippen molar-refractivity contribution in [2.45, 2.75) is 19.8 Å². The normalized spacial score (nSPS) is 10.0. The maximum atomic E-state index is 12.2. The number of carbonyl (C=O) groups excluding carboxylic acids is 1. The highest BCUT2D eigenvalue weighted by Crippen LogP contribution is 2.20. The molecule has 0 unspecified atom stereocenters. The fraction of sp³-hybridized carbons (Fsp3) is 0.400. The predicted molar refractivity (Wildman–Crippen MR) is 78.4 cm³/mol. The van der Waals surface area contributed by atoms with Gasteiger partial charge in [-0.2, -0.15) is 0 Å². The van der Waals surface area contributed by atoms with Gasteiger partial charge in [0.05, 0.1) is 6.61 Å². The smallest absolute Gasteiger partial charge is 0.253 e. The third-order valence-electron chi connectivity index (χ3n) is 2.74.